The van der Waals surface area contributed by atoms with Crippen molar-refractivity contribution in [1.82, 2.24) is 29.0 Å². The molecule has 29 heavy (non-hydrogen) atoms. The Kier molecular flexibility index (Phi) is 4.04. The van der Waals surface area contributed by atoms with Gasteiger partial charge in [0.15, 0.2) is 5.65 Å². The molecule has 2 aliphatic heterocycles. The lowest BCUT2D eigenvalue weighted by molar-refractivity contribution is -0.135. The molecule has 3 aromatic heterocycles. The molecule has 0 saturated carbocycles. The molecular formula is C21H24N6O2. The number of nitrogens with zero attached hydrogens (tertiary/aromatic N) is 6. The number of carbonyl (C=O) groups is 1. The lowest BCUT2D eigenvalue weighted by Crippen LogP contribution is -2.43. The molecule has 5 heterocycles. The van der Waals surface area contributed by atoms with Gasteiger partial charge in [0.2, 0.25) is 5.91 Å². The summed E-state index contributed by atoms with van der Waals surface area (Å²) in [4.78, 5) is 35.9. The highest BCUT2D eigenvalue weighted by atomic mass is 16.2. The van der Waals surface area contributed by atoms with Crippen LogP contribution in [0.2, 0.25) is 0 Å². The summed E-state index contributed by atoms with van der Waals surface area (Å²) in [7, 11) is 0. The molecule has 0 unspecified atom stereocenters. The molecule has 0 N–H and O–H groups in total. The molecule has 0 aliphatic carbocycles. The molecule has 2 bridgehead atoms. The SMILES string of the molecule is Cc1cc(C)n(CCC(=O)N2[C@@H]3CC[C@H]2c2cnc4cc(C)nn4c2C3)c(=O)n1. The van der Waals surface area contributed by atoms with Gasteiger partial charge in [0.05, 0.1) is 17.4 Å². The largest absolute Gasteiger partial charge is 0.347 e. The van der Waals surface area contributed by atoms with Gasteiger partial charge in [-0.1, -0.05) is 0 Å². The molecule has 0 radical (unpaired) electrons. The van der Waals surface area contributed by atoms with Gasteiger partial charge < -0.3 is 4.90 Å². The molecule has 1 fully saturated rings. The van der Waals surface area contributed by atoms with Crippen LogP contribution in [0.15, 0.2) is 23.1 Å². The zero-order valence-electron chi connectivity index (χ0n) is 16.9. The Labute approximate surface area is 168 Å². The Balaban J connectivity index is 1.41. The average Bonchev–Trinajstić information content (AvgIpc) is 3.19. The molecule has 1 amide bonds. The summed E-state index contributed by atoms with van der Waals surface area (Å²) in [5.41, 5.74) is 5.34. The maximum Gasteiger partial charge on any atom is 0.347 e. The highest BCUT2D eigenvalue weighted by Crippen LogP contribution is 2.43. The Morgan fingerprint density at radius 2 is 2.00 bits per heavy atom. The highest BCUT2D eigenvalue weighted by Gasteiger charge is 2.43. The van der Waals surface area contributed by atoms with Gasteiger partial charge >= 0.3 is 5.69 Å². The van der Waals surface area contributed by atoms with Crippen LogP contribution in [-0.2, 0) is 17.8 Å². The Morgan fingerprint density at radius 1 is 1.17 bits per heavy atom. The van der Waals surface area contributed by atoms with Gasteiger partial charge in [-0.25, -0.2) is 14.3 Å². The van der Waals surface area contributed by atoms with Crippen molar-refractivity contribution >= 4 is 11.6 Å². The molecule has 0 spiro atoms. The van der Waals surface area contributed by atoms with Crippen molar-refractivity contribution in [2.45, 2.75) is 65.1 Å². The molecule has 3 aromatic rings. The number of aromatic nitrogens is 5. The smallest absolute Gasteiger partial charge is 0.332 e. The first-order chi connectivity index (χ1) is 13.9. The van der Waals surface area contributed by atoms with E-state index >= 15 is 0 Å². The zero-order valence-corrected chi connectivity index (χ0v) is 16.9. The predicted octanol–water partition coefficient (Wildman–Crippen LogP) is 1.89. The monoisotopic (exact) mass is 392 g/mol. The number of carbonyl (C=O) groups excluding carboxylic acids is 1. The second kappa shape index (κ2) is 6.50. The lowest BCUT2D eigenvalue weighted by atomic mass is 9.98. The first-order valence-corrected chi connectivity index (χ1v) is 10.1. The van der Waals surface area contributed by atoms with Gasteiger partial charge in [-0.3, -0.25) is 9.36 Å². The Morgan fingerprint density at radius 3 is 2.79 bits per heavy atom. The summed E-state index contributed by atoms with van der Waals surface area (Å²) in [5.74, 6) is 0.0896. The second-order valence-electron chi connectivity index (χ2n) is 8.19. The van der Waals surface area contributed by atoms with Gasteiger partial charge in [0, 0.05) is 54.6 Å². The number of fused-ring (bicyclic) bond motifs is 6. The van der Waals surface area contributed by atoms with Crippen LogP contribution in [0.5, 0.6) is 0 Å². The first kappa shape index (κ1) is 18.0. The maximum atomic E-state index is 13.1. The Bertz CT molecular complexity index is 1190. The van der Waals surface area contributed by atoms with Crippen LogP contribution in [0.25, 0.3) is 5.65 Å². The molecule has 0 aromatic carbocycles. The fraction of sp³-hybridized carbons (Fsp3) is 0.476. The third-order valence-electron chi connectivity index (χ3n) is 6.21. The van der Waals surface area contributed by atoms with Crippen molar-refractivity contribution < 1.29 is 4.79 Å². The van der Waals surface area contributed by atoms with E-state index in [1.54, 1.807) is 11.5 Å². The number of amides is 1. The van der Waals surface area contributed by atoms with Crippen LogP contribution in [0, 0.1) is 20.8 Å². The quantitative estimate of drug-likeness (QED) is 0.680. The normalized spacial score (nSPS) is 20.3. The first-order valence-electron chi connectivity index (χ1n) is 10.1. The minimum atomic E-state index is -0.289. The van der Waals surface area contributed by atoms with E-state index in [0.29, 0.717) is 18.7 Å². The van der Waals surface area contributed by atoms with Crippen molar-refractivity contribution in [1.29, 1.82) is 0 Å². The van der Waals surface area contributed by atoms with Gasteiger partial charge in [-0.05, 0) is 39.7 Å². The topological polar surface area (TPSA) is 85.4 Å². The van der Waals surface area contributed by atoms with Crippen LogP contribution >= 0.6 is 0 Å². The average molecular weight is 392 g/mol. The molecule has 150 valence electrons. The van der Waals surface area contributed by atoms with E-state index in [0.717, 1.165) is 41.9 Å². The summed E-state index contributed by atoms with van der Waals surface area (Å²) >= 11 is 0. The Hall–Kier alpha value is -3.03. The standard InChI is InChI=1S/C21H24N6O2/c1-12-8-14(3)25(21(29)23-12)7-6-20(28)26-15-4-5-17(26)16-11-22-19-9-13(2)24-27(19)18(16)10-15/h8-9,11,15,17H,4-7,10H2,1-3H3/t15-,17+/m1/s1. The molecule has 5 rings (SSSR count). The molecule has 2 atom stereocenters. The maximum absolute atomic E-state index is 13.1. The van der Waals surface area contributed by atoms with E-state index in [2.05, 4.69) is 15.1 Å². The van der Waals surface area contributed by atoms with E-state index < -0.39 is 0 Å². The van der Waals surface area contributed by atoms with Crippen LogP contribution in [0.1, 0.15) is 53.6 Å². The van der Waals surface area contributed by atoms with Gasteiger partial charge in [0.25, 0.3) is 0 Å². The van der Waals surface area contributed by atoms with Crippen LogP contribution in [0.4, 0.5) is 0 Å². The van der Waals surface area contributed by atoms with Gasteiger partial charge in [-0.2, -0.15) is 10.1 Å². The lowest BCUT2D eigenvalue weighted by Gasteiger charge is -2.36. The van der Waals surface area contributed by atoms with Crippen molar-refractivity contribution in [3.63, 3.8) is 0 Å². The predicted molar refractivity (Wildman–Crippen MR) is 107 cm³/mol. The van der Waals surface area contributed by atoms with E-state index in [9.17, 15) is 9.59 Å². The van der Waals surface area contributed by atoms with Gasteiger partial charge in [0.1, 0.15) is 0 Å². The zero-order chi connectivity index (χ0) is 20.3. The minimum Gasteiger partial charge on any atom is -0.332 e. The minimum absolute atomic E-state index is 0.0478. The van der Waals surface area contributed by atoms with Gasteiger partial charge in [-0.15, -0.1) is 0 Å². The molecule has 1 saturated heterocycles. The van der Waals surface area contributed by atoms with Crippen molar-refractivity contribution in [2.24, 2.45) is 0 Å². The van der Waals surface area contributed by atoms with Crippen molar-refractivity contribution in [3.8, 4) is 0 Å². The summed E-state index contributed by atoms with van der Waals surface area (Å²) in [5, 5.41) is 4.60. The molecule has 8 nitrogen and oxygen atoms in total. The molecule has 8 heteroatoms. The third-order valence-corrected chi connectivity index (χ3v) is 6.21. The third kappa shape index (κ3) is 2.85. The summed E-state index contributed by atoms with van der Waals surface area (Å²) in [6, 6.07) is 4.08. The van der Waals surface area contributed by atoms with E-state index in [1.807, 2.05) is 41.6 Å². The van der Waals surface area contributed by atoms with E-state index in [-0.39, 0.29) is 23.7 Å². The molecular weight excluding hydrogens is 368 g/mol. The highest BCUT2D eigenvalue weighted by molar-refractivity contribution is 5.78. The number of rotatable bonds is 3. The second-order valence-corrected chi connectivity index (χ2v) is 8.19. The summed E-state index contributed by atoms with van der Waals surface area (Å²) < 4.78 is 3.53. The van der Waals surface area contributed by atoms with Crippen molar-refractivity contribution in [2.75, 3.05) is 0 Å². The van der Waals surface area contributed by atoms with E-state index in [1.165, 1.54) is 5.69 Å². The van der Waals surface area contributed by atoms with Crippen LogP contribution < -0.4 is 5.69 Å². The van der Waals surface area contributed by atoms with Crippen molar-refractivity contribution in [3.05, 3.63) is 57.2 Å². The summed E-state index contributed by atoms with van der Waals surface area (Å²) in [6.07, 6.45) is 4.93. The number of hydrogen-bond donors (Lipinski definition) is 0. The number of hydrogen-bond acceptors (Lipinski definition) is 5. The van der Waals surface area contributed by atoms with Crippen LogP contribution in [-0.4, -0.2) is 41.0 Å². The molecule has 2 aliphatic rings. The fourth-order valence-electron chi connectivity index (χ4n) is 4.96. The fourth-order valence-corrected chi connectivity index (χ4v) is 4.96. The number of aryl methyl sites for hydroxylation is 3. The van der Waals surface area contributed by atoms with Crippen LogP contribution in [0.3, 0.4) is 0 Å². The van der Waals surface area contributed by atoms with E-state index in [4.69, 9.17) is 0 Å². The summed E-state index contributed by atoms with van der Waals surface area (Å²) in [6.45, 7) is 6.01.